The highest BCUT2D eigenvalue weighted by molar-refractivity contribution is 5.99. The molecule has 4 heteroatoms. The molecule has 0 radical (unpaired) electrons. The zero-order valence-electron chi connectivity index (χ0n) is 18.5. The van der Waals surface area contributed by atoms with Gasteiger partial charge in [0.2, 0.25) is 0 Å². The fourth-order valence-corrected chi connectivity index (χ4v) is 6.74. The number of rotatable bonds is 5. The van der Waals surface area contributed by atoms with Crippen LogP contribution in [0.4, 0.5) is 0 Å². The summed E-state index contributed by atoms with van der Waals surface area (Å²) in [7, 11) is 0. The molecule has 2 saturated carbocycles. The van der Waals surface area contributed by atoms with Crippen molar-refractivity contribution in [2.75, 3.05) is 0 Å². The molecule has 160 valence electrons. The second kappa shape index (κ2) is 7.77. The van der Waals surface area contributed by atoms with E-state index in [4.69, 9.17) is 0 Å². The van der Waals surface area contributed by atoms with Gasteiger partial charge in [0.25, 0.3) is 0 Å². The minimum absolute atomic E-state index is 0.0152. The summed E-state index contributed by atoms with van der Waals surface area (Å²) in [6.45, 7) is 10.7. The van der Waals surface area contributed by atoms with Crippen molar-refractivity contribution in [2.24, 2.45) is 34.5 Å². The number of Topliss-reactive ketones (excluding diaryl/α,β-unsaturated/α-hetero) is 2. The van der Waals surface area contributed by atoms with Crippen LogP contribution >= 0.6 is 0 Å². The van der Waals surface area contributed by atoms with Gasteiger partial charge in [-0.3, -0.25) is 4.79 Å². The smallest absolute Gasteiger partial charge is 0.167 e. The number of carbonyl (C=O) groups excluding carboxylic acids is 2. The molecule has 5 atom stereocenters. The summed E-state index contributed by atoms with van der Waals surface area (Å²) < 4.78 is 0. The van der Waals surface area contributed by atoms with Crippen LogP contribution in [0.15, 0.2) is 18.2 Å². The summed E-state index contributed by atoms with van der Waals surface area (Å²) in [6.07, 6.45) is 5.74. The molecule has 2 fully saturated rings. The van der Waals surface area contributed by atoms with Gasteiger partial charge in [-0.1, -0.05) is 34.1 Å². The number of fused-ring (bicyclic) bond motifs is 1. The zero-order chi connectivity index (χ0) is 21.6. The van der Waals surface area contributed by atoms with Crippen LogP contribution in [-0.4, -0.2) is 21.8 Å². The van der Waals surface area contributed by atoms with Gasteiger partial charge in [0.05, 0.1) is 0 Å². The molecule has 29 heavy (non-hydrogen) atoms. The first kappa shape index (κ1) is 21.9. The van der Waals surface area contributed by atoms with E-state index < -0.39 is 0 Å². The lowest BCUT2D eigenvalue weighted by Gasteiger charge is -2.60. The molecule has 2 N–H and O–H groups in total. The van der Waals surface area contributed by atoms with Crippen molar-refractivity contribution in [3.8, 4) is 11.5 Å². The largest absolute Gasteiger partial charge is 0.508 e. The van der Waals surface area contributed by atoms with Gasteiger partial charge in [0.15, 0.2) is 5.78 Å². The molecule has 0 spiro atoms. The minimum Gasteiger partial charge on any atom is -0.508 e. The molecule has 4 nitrogen and oxygen atoms in total. The number of hydrogen-bond acceptors (Lipinski definition) is 4. The topological polar surface area (TPSA) is 74.6 Å². The monoisotopic (exact) mass is 400 g/mol. The fourth-order valence-electron chi connectivity index (χ4n) is 6.74. The molecule has 0 aromatic heterocycles. The van der Waals surface area contributed by atoms with Crippen LogP contribution in [-0.2, 0) is 4.79 Å². The van der Waals surface area contributed by atoms with Gasteiger partial charge in [-0.05, 0) is 73.3 Å². The molecular formula is C25H36O4. The van der Waals surface area contributed by atoms with Gasteiger partial charge < -0.3 is 15.0 Å². The summed E-state index contributed by atoms with van der Waals surface area (Å²) in [4.78, 5) is 25.4. The third-order valence-electron chi connectivity index (χ3n) is 8.13. The van der Waals surface area contributed by atoms with Gasteiger partial charge in [-0.25, -0.2) is 0 Å². The highest BCUT2D eigenvalue weighted by Gasteiger charge is 2.58. The average molecular weight is 401 g/mol. The second-order valence-electron chi connectivity index (χ2n) is 10.6. The number of phenols is 2. The number of hydrogen-bond donors (Lipinski definition) is 2. The van der Waals surface area contributed by atoms with Crippen LogP contribution in [0.5, 0.6) is 11.5 Å². The predicted octanol–water partition coefficient (Wildman–Crippen LogP) is 5.75. The van der Waals surface area contributed by atoms with Crippen molar-refractivity contribution in [1.82, 2.24) is 0 Å². The van der Waals surface area contributed by atoms with Crippen LogP contribution < -0.4 is 0 Å². The van der Waals surface area contributed by atoms with E-state index >= 15 is 0 Å². The van der Waals surface area contributed by atoms with E-state index in [-0.39, 0.29) is 45.7 Å². The van der Waals surface area contributed by atoms with E-state index in [0.29, 0.717) is 23.8 Å². The average Bonchev–Trinajstić information content (AvgIpc) is 2.58. The molecular weight excluding hydrogens is 364 g/mol. The quantitative estimate of drug-likeness (QED) is 0.617. The first-order valence-electron chi connectivity index (χ1n) is 11.0. The Labute approximate surface area is 174 Å². The fraction of sp³-hybridized carbons (Fsp3) is 0.680. The number of phenolic OH excluding ortho intramolecular Hbond substituents is 2. The zero-order valence-corrected chi connectivity index (χ0v) is 18.5. The Kier molecular flexibility index (Phi) is 5.86. The molecule has 1 aromatic carbocycles. The van der Waals surface area contributed by atoms with Gasteiger partial charge in [-0.2, -0.15) is 0 Å². The molecule has 0 unspecified atom stereocenters. The van der Waals surface area contributed by atoms with Crippen molar-refractivity contribution in [2.45, 2.75) is 73.1 Å². The Morgan fingerprint density at radius 2 is 1.69 bits per heavy atom. The normalized spacial score (nSPS) is 33.7. The molecule has 2 aliphatic rings. The molecule has 0 saturated heterocycles. The Balaban J connectivity index is 2.04. The Hall–Kier alpha value is -1.84. The summed E-state index contributed by atoms with van der Waals surface area (Å²) in [5.41, 5.74) is 0.419. The van der Waals surface area contributed by atoms with Crippen LogP contribution in [0, 0.1) is 34.5 Å². The Morgan fingerprint density at radius 3 is 2.28 bits per heavy atom. The second-order valence-corrected chi connectivity index (χ2v) is 10.6. The minimum atomic E-state index is -0.181. The maximum Gasteiger partial charge on any atom is 0.167 e. The number of benzene rings is 1. The molecule has 2 aliphatic carbocycles. The lowest BCUT2D eigenvalue weighted by Crippen LogP contribution is -2.56. The first-order chi connectivity index (χ1) is 13.5. The summed E-state index contributed by atoms with van der Waals surface area (Å²) in [5, 5.41) is 19.9. The van der Waals surface area contributed by atoms with E-state index in [1.165, 1.54) is 18.2 Å². The van der Waals surface area contributed by atoms with Crippen molar-refractivity contribution < 1.29 is 19.8 Å². The molecule has 3 rings (SSSR count). The van der Waals surface area contributed by atoms with Crippen molar-refractivity contribution in [3.63, 3.8) is 0 Å². The highest BCUT2D eigenvalue weighted by Crippen LogP contribution is 2.63. The number of aromatic hydroxyl groups is 2. The maximum atomic E-state index is 13.8. The Morgan fingerprint density at radius 1 is 1.07 bits per heavy atom. The van der Waals surface area contributed by atoms with Crippen molar-refractivity contribution in [3.05, 3.63) is 23.8 Å². The standard InChI is InChI=1S/C25H36O4/c1-15(26)7-8-17-13-21-24(3,4)9-6-10-25(21,5)22(16(17)2)23(29)18-11-19(27)14-20(28)12-18/h11-12,14,16-17,21-22,27-28H,6-10,13H2,1-5H3/t16-,17+,21+,22-,25+/m1/s1. The van der Waals surface area contributed by atoms with Crippen molar-refractivity contribution >= 4 is 11.6 Å². The highest BCUT2D eigenvalue weighted by atomic mass is 16.3. The molecule has 0 aliphatic heterocycles. The summed E-state index contributed by atoms with van der Waals surface area (Å²) in [6, 6.07) is 4.20. The van der Waals surface area contributed by atoms with Crippen LogP contribution in [0.3, 0.4) is 0 Å². The molecule has 0 bridgehead atoms. The van der Waals surface area contributed by atoms with Gasteiger partial charge in [0, 0.05) is 24.0 Å². The lowest BCUT2D eigenvalue weighted by atomic mass is 9.43. The van der Waals surface area contributed by atoms with E-state index in [9.17, 15) is 19.8 Å². The van der Waals surface area contributed by atoms with Crippen molar-refractivity contribution in [1.29, 1.82) is 0 Å². The molecule has 1 aromatic rings. The third kappa shape index (κ3) is 4.08. The SMILES string of the molecule is CC(=O)CC[C@H]1C[C@H]2C(C)(C)CCC[C@]2(C)[C@@H](C(=O)c2cc(O)cc(O)c2)[C@@H]1C. The Bertz CT molecular complexity index is 776. The maximum absolute atomic E-state index is 13.8. The van der Waals surface area contributed by atoms with Gasteiger partial charge >= 0.3 is 0 Å². The van der Waals surface area contributed by atoms with Gasteiger partial charge in [-0.15, -0.1) is 0 Å². The summed E-state index contributed by atoms with van der Waals surface area (Å²) >= 11 is 0. The predicted molar refractivity (Wildman–Crippen MR) is 114 cm³/mol. The van der Waals surface area contributed by atoms with Crippen LogP contribution in [0.25, 0.3) is 0 Å². The van der Waals surface area contributed by atoms with Gasteiger partial charge in [0.1, 0.15) is 17.3 Å². The number of ketones is 2. The third-order valence-corrected chi connectivity index (χ3v) is 8.13. The van der Waals surface area contributed by atoms with E-state index in [1.807, 2.05) is 0 Å². The first-order valence-corrected chi connectivity index (χ1v) is 11.0. The van der Waals surface area contributed by atoms with Crippen LogP contribution in [0.1, 0.15) is 83.5 Å². The molecule has 0 heterocycles. The van der Waals surface area contributed by atoms with Crippen LogP contribution in [0.2, 0.25) is 0 Å². The van der Waals surface area contributed by atoms with E-state index in [1.54, 1.807) is 6.92 Å². The number of carbonyl (C=O) groups is 2. The molecule has 0 amide bonds. The lowest BCUT2D eigenvalue weighted by molar-refractivity contribution is -0.119. The van der Waals surface area contributed by atoms with E-state index in [2.05, 4.69) is 27.7 Å². The summed E-state index contributed by atoms with van der Waals surface area (Å²) in [5.74, 6) is 0.758. The van der Waals surface area contributed by atoms with E-state index in [0.717, 1.165) is 32.1 Å².